The van der Waals surface area contributed by atoms with Crippen molar-refractivity contribution in [2.75, 3.05) is 25.2 Å². The Hall–Kier alpha value is -1.86. The Morgan fingerprint density at radius 1 is 1.39 bits per heavy atom. The number of nitrogens with zero attached hydrogens (tertiary/aromatic N) is 2. The quantitative estimate of drug-likeness (QED) is 0.694. The highest BCUT2D eigenvalue weighted by Crippen LogP contribution is 2.15. The number of methoxy groups -OCH3 is 1. The first kappa shape index (κ1) is 14.2. The minimum absolute atomic E-state index is 0.0356. The molecule has 0 aliphatic heterocycles. The monoisotopic (exact) mass is 246 g/mol. The van der Waals surface area contributed by atoms with Crippen LogP contribution in [0.25, 0.3) is 0 Å². The molecule has 0 atom stereocenters. The van der Waals surface area contributed by atoms with Gasteiger partial charge >= 0.3 is 0 Å². The number of carbonyl (C=O) groups excluding carboxylic acids is 1. The van der Waals surface area contributed by atoms with Crippen LogP contribution in [0.2, 0.25) is 0 Å². The highest BCUT2D eigenvalue weighted by molar-refractivity contribution is 5.93. The smallest absolute Gasteiger partial charge is 0.227 e. The first-order chi connectivity index (χ1) is 8.79. The fourth-order valence-electron chi connectivity index (χ4n) is 1.67. The van der Waals surface area contributed by atoms with E-state index in [2.05, 4.69) is 6.07 Å². The average Bonchev–Trinajstić information content (AvgIpc) is 2.41. The molecule has 1 aromatic rings. The second kappa shape index (κ2) is 8.26. The summed E-state index contributed by atoms with van der Waals surface area (Å²) in [6.07, 6.45) is 1.48. The lowest BCUT2D eigenvalue weighted by Crippen LogP contribution is -2.31. The number of hydrogen-bond acceptors (Lipinski definition) is 3. The van der Waals surface area contributed by atoms with E-state index in [0.717, 1.165) is 5.69 Å². The van der Waals surface area contributed by atoms with Crippen LogP contribution >= 0.6 is 0 Å². The van der Waals surface area contributed by atoms with Gasteiger partial charge < -0.3 is 9.64 Å². The Labute approximate surface area is 108 Å². The fourth-order valence-corrected chi connectivity index (χ4v) is 1.67. The molecule has 0 unspecified atom stereocenters. The topological polar surface area (TPSA) is 53.3 Å². The molecule has 18 heavy (non-hydrogen) atoms. The molecule has 0 fully saturated rings. The van der Waals surface area contributed by atoms with E-state index in [1.165, 1.54) is 0 Å². The zero-order valence-electron chi connectivity index (χ0n) is 10.6. The minimum Gasteiger partial charge on any atom is -0.385 e. The van der Waals surface area contributed by atoms with Gasteiger partial charge in [-0.25, -0.2) is 0 Å². The molecule has 0 aliphatic carbocycles. The minimum atomic E-state index is 0.0356. The molecule has 1 rings (SSSR count). The Morgan fingerprint density at radius 3 is 2.72 bits per heavy atom. The first-order valence-corrected chi connectivity index (χ1v) is 6.01. The van der Waals surface area contributed by atoms with E-state index in [1.807, 2.05) is 30.3 Å². The third-order valence-electron chi connectivity index (χ3n) is 2.56. The van der Waals surface area contributed by atoms with Crippen LogP contribution in [-0.4, -0.2) is 26.2 Å². The predicted octanol–water partition coefficient (Wildman–Crippen LogP) is 2.36. The van der Waals surface area contributed by atoms with E-state index in [4.69, 9.17) is 10.00 Å². The van der Waals surface area contributed by atoms with Gasteiger partial charge in [0.1, 0.15) is 0 Å². The molecule has 0 N–H and O–H groups in total. The zero-order chi connectivity index (χ0) is 13.2. The number of ether oxygens (including phenoxy) is 1. The van der Waals surface area contributed by atoms with Crippen molar-refractivity contribution < 1.29 is 9.53 Å². The molecular formula is C14H18N2O2. The molecule has 0 aromatic heterocycles. The molecular weight excluding hydrogens is 228 g/mol. The third-order valence-corrected chi connectivity index (χ3v) is 2.56. The molecule has 1 amide bonds. The van der Waals surface area contributed by atoms with Crippen molar-refractivity contribution in [2.45, 2.75) is 19.3 Å². The van der Waals surface area contributed by atoms with Crippen molar-refractivity contribution in [3.63, 3.8) is 0 Å². The van der Waals surface area contributed by atoms with Crippen LogP contribution in [0.5, 0.6) is 0 Å². The van der Waals surface area contributed by atoms with E-state index >= 15 is 0 Å². The van der Waals surface area contributed by atoms with Crippen LogP contribution in [0.15, 0.2) is 30.3 Å². The summed E-state index contributed by atoms with van der Waals surface area (Å²) < 4.78 is 4.94. The average molecular weight is 246 g/mol. The van der Waals surface area contributed by atoms with Crippen molar-refractivity contribution in [3.05, 3.63) is 30.3 Å². The standard InChI is InChI=1S/C14H18N2O2/c1-18-12-5-9-14(17)16(11-6-10-15)13-7-3-2-4-8-13/h2-4,7-8H,5-6,9,11-12H2,1H3. The molecule has 0 saturated heterocycles. The number of amides is 1. The lowest BCUT2D eigenvalue weighted by atomic mass is 10.2. The number of carbonyl (C=O) groups is 1. The van der Waals surface area contributed by atoms with Gasteiger partial charge in [-0.2, -0.15) is 5.26 Å². The van der Waals surface area contributed by atoms with Gasteiger partial charge in [0.25, 0.3) is 0 Å². The van der Waals surface area contributed by atoms with Gasteiger partial charge in [-0.05, 0) is 18.6 Å². The maximum atomic E-state index is 12.1. The molecule has 4 nitrogen and oxygen atoms in total. The van der Waals surface area contributed by atoms with E-state index in [0.29, 0.717) is 32.4 Å². The summed E-state index contributed by atoms with van der Waals surface area (Å²) in [5, 5.41) is 8.65. The summed E-state index contributed by atoms with van der Waals surface area (Å²) in [5.74, 6) is 0.0356. The van der Waals surface area contributed by atoms with Gasteiger partial charge in [0.2, 0.25) is 5.91 Å². The lowest BCUT2D eigenvalue weighted by Gasteiger charge is -2.21. The van der Waals surface area contributed by atoms with Crippen molar-refractivity contribution in [3.8, 4) is 6.07 Å². The Morgan fingerprint density at radius 2 is 2.11 bits per heavy atom. The van der Waals surface area contributed by atoms with Crippen LogP contribution in [0.1, 0.15) is 19.3 Å². The van der Waals surface area contributed by atoms with Gasteiger partial charge in [0, 0.05) is 32.4 Å². The summed E-state index contributed by atoms with van der Waals surface area (Å²) in [6, 6.07) is 11.5. The number of benzene rings is 1. The van der Waals surface area contributed by atoms with E-state index < -0.39 is 0 Å². The Kier molecular flexibility index (Phi) is 6.52. The number of nitriles is 1. The van der Waals surface area contributed by atoms with Crippen LogP contribution in [0, 0.1) is 11.3 Å². The highest BCUT2D eigenvalue weighted by Gasteiger charge is 2.14. The number of anilines is 1. The van der Waals surface area contributed by atoms with Crippen LogP contribution < -0.4 is 4.90 Å². The molecule has 0 heterocycles. The molecule has 0 bridgehead atoms. The Balaban J connectivity index is 2.66. The summed E-state index contributed by atoms with van der Waals surface area (Å²) in [7, 11) is 1.62. The molecule has 4 heteroatoms. The number of hydrogen-bond donors (Lipinski definition) is 0. The SMILES string of the molecule is COCCCC(=O)N(CCC#N)c1ccccc1. The molecule has 0 aliphatic rings. The van der Waals surface area contributed by atoms with Crippen LogP contribution in [0.3, 0.4) is 0 Å². The van der Waals surface area contributed by atoms with Crippen molar-refractivity contribution >= 4 is 11.6 Å². The molecule has 0 spiro atoms. The van der Waals surface area contributed by atoms with Gasteiger partial charge in [-0.3, -0.25) is 4.79 Å². The van der Waals surface area contributed by atoms with E-state index in [-0.39, 0.29) is 5.91 Å². The number of para-hydroxylation sites is 1. The van der Waals surface area contributed by atoms with E-state index in [9.17, 15) is 4.79 Å². The number of rotatable bonds is 7. The molecule has 0 radical (unpaired) electrons. The largest absolute Gasteiger partial charge is 0.385 e. The van der Waals surface area contributed by atoms with Gasteiger partial charge in [0.05, 0.1) is 12.5 Å². The summed E-state index contributed by atoms with van der Waals surface area (Å²) >= 11 is 0. The second-order valence-electron chi connectivity index (χ2n) is 3.89. The summed E-state index contributed by atoms with van der Waals surface area (Å²) in [4.78, 5) is 13.8. The maximum Gasteiger partial charge on any atom is 0.227 e. The Bertz CT molecular complexity index is 398. The van der Waals surface area contributed by atoms with Crippen molar-refractivity contribution in [1.82, 2.24) is 0 Å². The van der Waals surface area contributed by atoms with Crippen molar-refractivity contribution in [1.29, 1.82) is 5.26 Å². The molecule has 1 aromatic carbocycles. The van der Waals surface area contributed by atoms with Crippen LogP contribution in [-0.2, 0) is 9.53 Å². The normalized spacial score (nSPS) is 9.78. The fraction of sp³-hybridized carbons (Fsp3) is 0.429. The van der Waals surface area contributed by atoms with Gasteiger partial charge in [-0.15, -0.1) is 0 Å². The lowest BCUT2D eigenvalue weighted by molar-refractivity contribution is -0.118. The third kappa shape index (κ3) is 4.56. The van der Waals surface area contributed by atoms with Gasteiger partial charge in [0.15, 0.2) is 0 Å². The van der Waals surface area contributed by atoms with E-state index in [1.54, 1.807) is 12.0 Å². The summed E-state index contributed by atoms with van der Waals surface area (Å²) in [5.41, 5.74) is 0.843. The van der Waals surface area contributed by atoms with Crippen molar-refractivity contribution in [2.24, 2.45) is 0 Å². The highest BCUT2D eigenvalue weighted by atomic mass is 16.5. The first-order valence-electron chi connectivity index (χ1n) is 6.01. The second-order valence-corrected chi connectivity index (χ2v) is 3.89. The van der Waals surface area contributed by atoms with Gasteiger partial charge in [-0.1, -0.05) is 18.2 Å². The zero-order valence-corrected chi connectivity index (χ0v) is 10.6. The predicted molar refractivity (Wildman–Crippen MR) is 70.1 cm³/mol. The van der Waals surface area contributed by atoms with Crippen LogP contribution in [0.4, 0.5) is 5.69 Å². The summed E-state index contributed by atoms with van der Waals surface area (Å²) in [6.45, 7) is 1.01. The maximum absolute atomic E-state index is 12.1. The molecule has 0 saturated carbocycles. The molecule has 96 valence electrons.